The lowest BCUT2D eigenvalue weighted by atomic mass is 10.2. The summed E-state index contributed by atoms with van der Waals surface area (Å²) in [5, 5.41) is 7.91. The average Bonchev–Trinajstić information content (AvgIpc) is 3.28. The van der Waals surface area contributed by atoms with Crippen LogP contribution in [0.5, 0.6) is 11.5 Å². The summed E-state index contributed by atoms with van der Waals surface area (Å²) >= 11 is 0. The molecular formula is C26H35ClN6O2Si. The largest absolute Gasteiger partial charge is 0.497 e. The van der Waals surface area contributed by atoms with Gasteiger partial charge in [0, 0.05) is 61.5 Å². The van der Waals surface area contributed by atoms with Gasteiger partial charge < -0.3 is 19.7 Å². The smallest absolute Gasteiger partial charge is 0.124 e. The minimum Gasteiger partial charge on any atom is -0.497 e. The van der Waals surface area contributed by atoms with Crippen LogP contribution in [-0.2, 0) is 7.05 Å². The Morgan fingerprint density at radius 2 is 1.67 bits per heavy atom. The molecule has 0 aliphatic carbocycles. The third kappa shape index (κ3) is 6.75. The molecule has 0 amide bonds. The van der Waals surface area contributed by atoms with Crippen LogP contribution in [-0.4, -0.2) is 61.3 Å². The van der Waals surface area contributed by atoms with E-state index in [-0.39, 0.29) is 12.4 Å². The highest BCUT2D eigenvalue weighted by atomic mass is 35.5. The molecule has 0 saturated carbocycles. The van der Waals surface area contributed by atoms with Gasteiger partial charge in [0.15, 0.2) is 0 Å². The fourth-order valence-corrected chi connectivity index (χ4v) is 4.80. The monoisotopic (exact) mass is 526 g/mol. The number of nitrogens with one attached hydrogen (secondary N) is 1. The van der Waals surface area contributed by atoms with Crippen molar-refractivity contribution in [2.24, 2.45) is 7.05 Å². The highest BCUT2D eigenvalue weighted by Crippen LogP contribution is 2.34. The van der Waals surface area contributed by atoms with Crippen molar-refractivity contribution in [2.45, 2.75) is 19.6 Å². The lowest BCUT2D eigenvalue weighted by Gasteiger charge is -2.27. The molecule has 1 N–H and O–H groups in total. The molecule has 0 aliphatic heterocycles. The number of hydrogen-bond acceptors (Lipinski definition) is 7. The Morgan fingerprint density at radius 3 is 2.28 bits per heavy atom. The molecule has 2 heterocycles. The van der Waals surface area contributed by atoms with Crippen molar-refractivity contribution in [1.82, 2.24) is 25.1 Å². The van der Waals surface area contributed by atoms with Gasteiger partial charge in [-0.15, -0.1) is 12.4 Å². The van der Waals surface area contributed by atoms with Crippen molar-refractivity contribution in [3.63, 3.8) is 0 Å². The molecule has 0 aliphatic rings. The first kappa shape index (κ1) is 27.4. The van der Waals surface area contributed by atoms with E-state index in [4.69, 9.17) is 14.5 Å². The van der Waals surface area contributed by atoms with Gasteiger partial charge in [-0.25, -0.2) is 4.98 Å². The van der Waals surface area contributed by atoms with Crippen molar-refractivity contribution in [2.75, 3.05) is 38.4 Å². The normalized spacial score (nSPS) is 11.3. The highest BCUT2D eigenvalue weighted by molar-refractivity contribution is 6.76. The molecule has 0 fully saturated rings. The van der Waals surface area contributed by atoms with E-state index in [0.717, 1.165) is 64.4 Å². The van der Waals surface area contributed by atoms with E-state index in [9.17, 15) is 0 Å². The molecule has 4 rings (SSSR count). The number of halogens is 1. The molecule has 2 aromatic heterocycles. The highest BCUT2D eigenvalue weighted by Gasteiger charge is 2.16. The summed E-state index contributed by atoms with van der Waals surface area (Å²) in [7, 11) is 4.05. The third-order valence-electron chi connectivity index (χ3n) is 5.65. The van der Waals surface area contributed by atoms with Gasteiger partial charge in [0.25, 0.3) is 0 Å². The molecule has 10 heteroatoms. The van der Waals surface area contributed by atoms with Gasteiger partial charge in [0.2, 0.25) is 0 Å². The van der Waals surface area contributed by atoms with E-state index in [1.807, 2.05) is 37.5 Å². The molecule has 0 radical (unpaired) electrons. The Labute approximate surface area is 220 Å². The van der Waals surface area contributed by atoms with Crippen molar-refractivity contribution >= 4 is 42.9 Å². The number of ether oxygens (including phenoxy) is 2. The van der Waals surface area contributed by atoms with Crippen molar-refractivity contribution in [3.05, 3.63) is 55.0 Å². The van der Waals surface area contributed by atoms with Crippen molar-refractivity contribution in [1.29, 1.82) is 0 Å². The van der Waals surface area contributed by atoms with Gasteiger partial charge >= 0.3 is 0 Å². The Kier molecular flexibility index (Phi) is 8.94. The van der Waals surface area contributed by atoms with Gasteiger partial charge in [-0.05, 0) is 24.4 Å². The molecule has 192 valence electrons. The predicted molar refractivity (Wildman–Crippen MR) is 152 cm³/mol. The zero-order valence-corrected chi connectivity index (χ0v) is 23.6. The number of benzene rings is 2. The van der Waals surface area contributed by atoms with Gasteiger partial charge in [0.1, 0.15) is 11.5 Å². The van der Waals surface area contributed by atoms with E-state index in [1.165, 1.54) is 0 Å². The lowest BCUT2D eigenvalue weighted by molar-refractivity contribution is 0.394. The summed E-state index contributed by atoms with van der Waals surface area (Å²) < 4.78 is 12.9. The molecule has 0 spiro atoms. The Hall–Kier alpha value is -3.14. The van der Waals surface area contributed by atoms with Crippen LogP contribution in [0.2, 0.25) is 19.6 Å². The summed E-state index contributed by atoms with van der Waals surface area (Å²) in [4.78, 5) is 11.8. The van der Waals surface area contributed by atoms with E-state index in [1.54, 1.807) is 31.3 Å². The second kappa shape index (κ2) is 11.7. The van der Waals surface area contributed by atoms with E-state index >= 15 is 0 Å². The molecule has 0 unspecified atom stereocenters. The second-order valence-electron chi connectivity index (χ2n) is 9.79. The Balaban J connectivity index is 0.00000361. The molecule has 0 atom stereocenters. The Morgan fingerprint density at radius 1 is 0.944 bits per heavy atom. The van der Waals surface area contributed by atoms with Crippen LogP contribution in [0.15, 0.2) is 55.0 Å². The second-order valence-corrected chi connectivity index (χ2v) is 15.3. The van der Waals surface area contributed by atoms with Crippen LogP contribution < -0.4 is 19.7 Å². The van der Waals surface area contributed by atoms with E-state index in [2.05, 4.69) is 52.1 Å². The fourth-order valence-electron chi connectivity index (χ4n) is 3.87. The third-order valence-corrected chi connectivity index (χ3v) is 6.96. The summed E-state index contributed by atoms with van der Waals surface area (Å²) in [6.07, 6.45) is 6.61. The maximum absolute atomic E-state index is 5.54. The summed E-state index contributed by atoms with van der Waals surface area (Å²) in [5.41, 5.74) is 5.44. The van der Waals surface area contributed by atoms with Crippen LogP contribution in [0.25, 0.3) is 22.3 Å². The topological polar surface area (TPSA) is 77.3 Å². The number of aryl methyl sites for hydroxylation is 1. The fraction of sp³-hybridized carbons (Fsp3) is 0.346. The van der Waals surface area contributed by atoms with Crippen LogP contribution in [0.3, 0.4) is 0 Å². The number of aromatic nitrogens is 4. The van der Waals surface area contributed by atoms with Crippen LogP contribution >= 0.6 is 12.4 Å². The number of methoxy groups -OCH3 is 2. The van der Waals surface area contributed by atoms with Gasteiger partial charge in [-0.3, -0.25) is 9.67 Å². The SMILES string of the molecule is COc1cc(OC)cc(N(CCNC[Si](C)(C)C)c2ccc3ncc(-c4cnn(C)c4)nc3c2)c1.Cl. The van der Waals surface area contributed by atoms with Gasteiger partial charge in [0.05, 0.1) is 51.4 Å². The number of nitrogens with zero attached hydrogens (tertiary/aromatic N) is 5. The molecule has 2 aromatic carbocycles. The molecule has 0 saturated heterocycles. The molecule has 0 bridgehead atoms. The number of rotatable bonds is 10. The summed E-state index contributed by atoms with van der Waals surface area (Å²) in [5.74, 6) is 1.50. The summed E-state index contributed by atoms with van der Waals surface area (Å²) in [6.45, 7) is 8.73. The minimum atomic E-state index is -1.19. The minimum absolute atomic E-state index is 0. The van der Waals surface area contributed by atoms with Crippen LogP contribution in [0, 0.1) is 0 Å². The van der Waals surface area contributed by atoms with Crippen molar-refractivity contribution < 1.29 is 9.47 Å². The number of anilines is 2. The predicted octanol–water partition coefficient (Wildman–Crippen LogP) is 5.07. The first-order valence-electron chi connectivity index (χ1n) is 11.7. The quantitative estimate of drug-likeness (QED) is 0.228. The van der Waals surface area contributed by atoms with Crippen LogP contribution in [0.1, 0.15) is 0 Å². The maximum Gasteiger partial charge on any atom is 0.124 e. The average molecular weight is 527 g/mol. The molecule has 4 aromatic rings. The van der Waals surface area contributed by atoms with Crippen molar-refractivity contribution in [3.8, 4) is 22.8 Å². The zero-order valence-electron chi connectivity index (χ0n) is 21.8. The van der Waals surface area contributed by atoms with E-state index in [0.29, 0.717) is 0 Å². The number of hydrogen-bond donors (Lipinski definition) is 1. The Bertz CT molecular complexity index is 1290. The molecule has 8 nitrogen and oxygen atoms in total. The number of fused-ring (bicyclic) bond motifs is 1. The first-order chi connectivity index (χ1) is 16.8. The molecule has 36 heavy (non-hydrogen) atoms. The maximum atomic E-state index is 5.54. The van der Waals surface area contributed by atoms with Crippen LogP contribution in [0.4, 0.5) is 11.4 Å². The van der Waals surface area contributed by atoms with E-state index < -0.39 is 8.07 Å². The molecular weight excluding hydrogens is 492 g/mol. The zero-order chi connectivity index (χ0) is 25.0. The van der Waals surface area contributed by atoms with Gasteiger partial charge in [-0.2, -0.15) is 5.10 Å². The standard InChI is InChI=1S/C26H34N6O2Si.ClH/c1-31-17-19(15-29-31)26-16-28-24-8-7-20(13-25(24)30-26)32(10-9-27-18-35(4,5)6)21-11-22(33-2)14-23(12-21)34-3;/h7-8,11-17,27H,9-10,18H2,1-6H3;1H. The van der Waals surface area contributed by atoms with Gasteiger partial charge in [-0.1, -0.05) is 19.6 Å². The first-order valence-corrected chi connectivity index (χ1v) is 15.4. The lowest BCUT2D eigenvalue weighted by Crippen LogP contribution is -2.39. The summed E-state index contributed by atoms with van der Waals surface area (Å²) in [6, 6.07) is 12.1.